The fourth-order valence-corrected chi connectivity index (χ4v) is 8.77. The molecule has 0 bridgehead atoms. The van der Waals surface area contributed by atoms with Crippen LogP contribution in [0.1, 0.15) is 65.7 Å². The number of ketones is 1. The van der Waals surface area contributed by atoms with Crippen molar-refractivity contribution in [2.24, 2.45) is 51.9 Å². The summed E-state index contributed by atoms with van der Waals surface area (Å²) in [6, 6.07) is 0. The maximum absolute atomic E-state index is 13.5. The van der Waals surface area contributed by atoms with Crippen LogP contribution in [0, 0.1) is 46.8 Å². The number of carbonyl (C=O) groups excluding carboxylic acids is 1. The molecule has 4 fully saturated rings. The van der Waals surface area contributed by atoms with Gasteiger partial charge in [-0.05, 0) is 93.8 Å². The fraction of sp³-hybridized carbons (Fsp3) is 0.833. The predicted molar refractivity (Wildman–Crippen MR) is 115 cm³/mol. The molecule has 6 nitrogen and oxygen atoms in total. The zero-order valence-corrected chi connectivity index (χ0v) is 18.5. The van der Waals surface area contributed by atoms with Crippen molar-refractivity contribution < 1.29 is 9.90 Å². The fourth-order valence-electron chi connectivity index (χ4n) is 8.77. The van der Waals surface area contributed by atoms with Crippen LogP contribution in [0.4, 0.5) is 0 Å². The Morgan fingerprint density at radius 3 is 2.77 bits per heavy atom. The summed E-state index contributed by atoms with van der Waals surface area (Å²) in [6.07, 6.45) is 10.6. The van der Waals surface area contributed by atoms with Gasteiger partial charge in [-0.25, -0.2) is 5.53 Å². The van der Waals surface area contributed by atoms with Crippen molar-refractivity contribution in [2.75, 3.05) is 6.54 Å². The standard InChI is InChI=1S/C24H36N4O2/c1-13-25-26-27-28(13)12-20(29)22-19-10-18(19)21-17-5-4-14-11-23(2,30)8-6-15(14)16(17)7-9-24(21,22)3/h10,14-18,21-22,26-27,30H,4-9,11-12H2,1-3H3/t14-,15+,16-,17-,18-,21-,22-,23-,24+/m1/s1. The minimum absolute atomic E-state index is 0.0912. The third-order valence-electron chi connectivity index (χ3n) is 9.99. The van der Waals surface area contributed by atoms with Gasteiger partial charge in [-0.15, -0.1) is 10.6 Å². The number of Topliss-reactive ketones (excluding diaryl/α,β-unsaturated/α-hetero) is 1. The number of hydrogen-bond donors (Lipinski definition) is 3. The van der Waals surface area contributed by atoms with Crippen LogP contribution in [0.2, 0.25) is 0 Å². The number of hydrazine groups is 2. The molecule has 6 rings (SSSR count). The lowest BCUT2D eigenvalue weighted by atomic mass is 9.48. The summed E-state index contributed by atoms with van der Waals surface area (Å²) in [4.78, 5) is 13.5. The first-order chi connectivity index (χ1) is 14.3. The first-order valence-electron chi connectivity index (χ1n) is 12.1. The number of hydrazone groups is 1. The maximum atomic E-state index is 13.5. The van der Waals surface area contributed by atoms with Crippen molar-refractivity contribution in [3.63, 3.8) is 0 Å². The molecule has 9 atom stereocenters. The molecule has 5 aliphatic carbocycles. The van der Waals surface area contributed by atoms with E-state index in [0.717, 1.165) is 36.4 Å². The van der Waals surface area contributed by atoms with E-state index >= 15 is 0 Å². The van der Waals surface area contributed by atoms with Gasteiger partial charge in [0.1, 0.15) is 5.84 Å². The third kappa shape index (κ3) is 2.68. The lowest BCUT2D eigenvalue weighted by Gasteiger charge is -2.57. The van der Waals surface area contributed by atoms with Crippen molar-refractivity contribution >= 4 is 11.6 Å². The second-order valence-corrected chi connectivity index (χ2v) is 11.7. The van der Waals surface area contributed by atoms with E-state index in [0.29, 0.717) is 30.1 Å². The summed E-state index contributed by atoms with van der Waals surface area (Å²) in [5.74, 6) is 5.57. The van der Waals surface area contributed by atoms with Gasteiger partial charge < -0.3 is 5.11 Å². The summed E-state index contributed by atoms with van der Waals surface area (Å²) in [5, 5.41) is 16.6. The molecule has 6 heteroatoms. The number of nitrogens with zero attached hydrogens (tertiary/aromatic N) is 2. The summed E-state index contributed by atoms with van der Waals surface area (Å²) in [7, 11) is 0. The number of aliphatic hydroxyl groups is 1. The number of rotatable bonds is 3. The molecule has 0 aromatic rings. The van der Waals surface area contributed by atoms with Gasteiger partial charge in [0.2, 0.25) is 0 Å². The van der Waals surface area contributed by atoms with E-state index in [4.69, 9.17) is 0 Å². The molecule has 0 saturated heterocycles. The van der Waals surface area contributed by atoms with Crippen molar-refractivity contribution in [1.82, 2.24) is 16.1 Å². The van der Waals surface area contributed by atoms with Gasteiger partial charge in [0, 0.05) is 11.8 Å². The zero-order chi connectivity index (χ0) is 20.8. The molecule has 0 radical (unpaired) electrons. The average molecular weight is 413 g/mol. The number of amidine groups is 1. The summed E-state index contributed by atoms with van der Waals surface area (Å²) < 4.78 is 0. The van der Waals surface area contributed by atoms with E-state index in [9.17, 15) is 9.90 Å². The Kier molecular flexibility index (Phi) is 4.06. The molecule has 0 aromatic carbocycles. The topological polar surface area (TPSA) is 77.0 Å². The molecule has 6 aliphatic rings. The molecule has 0 unspecified atom stereocenters. The van der Waals surface area contributed by atoms with Crippen LogP contribution >= 0.6 is 0 Å². The highest BCUT2D eigenvalue weighted by atomic mass is 16.3. The highest BCUT2D eigenvalue weighted by Gasteiger charge is 2.66. The number of allylic oxidation sites excluding steroid dienone is 2. The Hall–Kier alpha value is -1.40. The Balaban J connectivity index is 1.22. The maximum Gasteiger partial charge on any atom is 0.161 e. The highest BCUT2D eigenvalue weighted by Crippen LogP contribution is 2.71. The quantitative estimate of drug-likeness (QED) is 0.621. The zero-order valence-electron chi connectivity index (χ0n) is 18.5. The van der Waals surface area contributed by atoms with Gasteiger partial charge in [0.05, 0.1) is 12.1 Å². The van der Waals surface area contributed by atoms with Crippen LogP contribution in [0.3, 0.4) is 0 Å². The van der Waals surface area contributed by atoms with E-state index in [1.54, 1.807) is 0 Å². The smallest absolute Gasteiger partial charge is 0.161 e. The lowest BCUT2D eigenvalue weighted by Crippen LogP contribution is -2.53. The number of nitrogens with one attached hydrogen (secondary N) is 2. The van der Waals surface area contributed by atoms with E-state index < -0.39 is 5.60 Å². The molecular formula is C24H36N4O2. The second-order valence-electron chi connectivity index (χ2n) is 11.7. The Bertz CT molecular complexity index is 835. The molecule has 164 valence electrons. The van der Waals surface area contributed by atoms with Crippen LogP contribution in [-0.4, -0.2) is 33.9 Å². The molecule has 1 aliphatic heterocycles. The molecule has 3 N–H and O–H groups in total. The Morgan fingerprint density at radius 1 is 1.20 bits per heavy atom. The van der Waals surface area contributed by atoms with E-state index in [1.165, 1.54) is 37.7 Å². The third-order valence-corrected chi connectivity index (χ3v) is 9.99. The van der Waals surface area contributed by atoms with E-state index in [-0.39, 0.29) is 11.3 Å². The number of carbonyl (C=O) groups is 1. The minimum Gasteiger partial charge on any atom is -0.390 e. The van der Waals surface area contributed by atoms with Crippen LogP contribution in [0.25, 0.3) is 0 Å². The Morgan fingerprint density at radius 2 is 2.00 bits per heavy atom. The molecule has 0 aromatic heterocycles. The SMILES string of the molecule is CC1=NNNN1CC(=O)[C@H]1C2=C[C@H]2[C@H]2[C@@H]3CC[C@@H]4C[C@](C)(O)CC[C@@H]4[C@H]3CC[C@]12C. The summed E-state index contributed by atoms with van der Waals surface area (Å²) >= 11 is 0. The number of hydrogen-bond acceptors (Lipinski definition) is 6. The molecule has 0 amide bonds. The van der Waals surface area contributed by atoms with Gasteiger partial charge in [0.15, 0.2) is 5.78 Å². The van der Waals surface area contributed by atoms with E-state index in [2.05, 4.69) is 29.2 Å². The van der Waals surface area contributed by atoms with Crippen molar-refractivity contribution in [3.05, 3.63) is 11.6 Å². The molecule has 4 saturated carbocycles. The van der Waals surface area contributed by atoms with Gasteiger partial charge >= 0.3 is 0 Å². The van der Waals surface area contributed by atoms with E-state index in [1.807, 2.05) is 18.9 Å². The second kappa shape index (κ2) is 6.32. The van der Waals surface area contributed by atoms with Gasteiger partial charge in [0.25, 0.3) is 0 Å². The highest BCUT2D eigenvalue weighted by molar-refractivity contribution is 5.92. The first-order valence-corrected chi connectivity index (χ1v) is 12.1. The summed E-state index contributed by atoms with van der Waals surface area (Å²) in [6.45, 7) is 6.77. The first kappa shape index (κ1) is 19.3. The van der Waals surface area contributed by atoms with Crippen LogP contribution in [-0.2, 0) is 4.79 Å². The lowest BCUT2D eigenvalue weighted by molar-refractivity contribution is -0.133. The average Bonchev–Trinajstić information content (AvgIpc) is 3.24. The van der Waals surface area contributed by atoms with Gasteiger partial charge in [-0.2, -0.15) is 0 Å². The molecule has 0 spiro atoms. The molecular weight excluding hydrogens is 376 g/mol. The van der Waals surface area contributed by atoms with Crippen LogP contribution in [0.5, 0.6) is 0 Å². The van der Waals surface area contributed by atoms with Crippen molar-refractivity contribution in [2.45, 2.75) is 71.3 Å². The van der Waals surface area contributed by atoms with Crippen molar-refractivity contribution in [3.8, 4) is 0 Å². The van der Waals surface area contributed by atoms with Gasteiger partial charge in [-0.3, -0.25) is 9.80 Å². The molecule has 30 heavy (non-hydrogen) atoms. The minimum atomic E-state index is -0.451. The van der Waals surface area contributed by atoms with Crippen LogP contribution in [0.15, 0.2) is 16.8 Å². The predicted octanol–water partition coefficient (Wildman–Crippen LogP) is 3.01. The largest absolute Gasteiger partial charge is 0.390 e. The van der Waals surface area contributed by atoms with Crippen LogP contribution < -0.4 is 11.1 Å². The van der Waals surface area contributed by atoms with Crippen molar-refractivity contribution in [1.29, 1.82) is 0 Å². The Labute approximate surface area is 179 Å². The van der Waals surface area contributed by atoms with Gasteiger partial charge in [-0.1, -0.05) is 18.6 Å². The monoisotopic (exact) mass is 412 g/mol. The number of fused-ring (bicyclic) bond motifs is 7. The normalized spacial score (nSPS) is 51.1. The molecule has 1 heterocycles. The summed E-state index contributed by atoms with van der Waals surface area (Å²) in [5.41, 5.74) is 6.85.